The average molecular weight is 420 g/mol. The normalized spacial score (nSPS) is 12.4. The molecular formula is C21H17FN6OS. The Morgan fingerprint density at radius 3 is 2.80 bits per heavy atom. The molecule has 1 aliphatic rings. The lowest BCUT2D eigenvalue weighted by atomic mass is 10.2. The Kier molecular flexibility index (Phi) is 4.80. The zero-order valence-electron chi connectivity index (χ0n) is 15.8. The fraction of sp³-hybridized carbons (Fsp3) is 0.143. The molecule has 0 amide bonds. The minimum absolute atomic E-state index is 0.0102. The van der Waals surface area contributed by atoms with Crippen LogP contribution in [0.15, 0.2) is 64.7 Å². The Balaban J connectivity index is 1.57. The Bertz CT molecular complexity index is 1290. The standard InChI is InChI=1S/C21H17FN6OS/c22-14-7-4-8-15-17(14)21(29)28(9-13-5-2-1-3-6-13)16(27-15)10-30-20-18-19(24-11-23-18)25-12-26-20/h1-8,12,23H,9-11H2,(H,24,25,26). The molecule has 4 aromatic rings. The number of nitrogens with zero attached hydrogens (tertiary/aromatic N) is 4. The zero-order chi connectivity index (χ0) is 20.5. The molecular weight excluding hydrogens is 403 g/mol. The van der Waals surface area contributed by atoms with Crippen LogP contribution in [0.3, 0.4) is 0 Å². The summed E-state index contributed by atoms with van der Waals surface area (Å²) in [5.74, 6) is 1.16. The second kappa shape index (κ2) is 7.75. The molecule has 2 N–H and O–H groups in total. The number of rotatable bonds is 5. The van der Waals surface area contributed by atoms with E-state index in [9.17, 15) is 9.18 Å². The van der Waals surface area contributed by atoms with Gasteiger partial charge in [-0.1, -0.05) is 48.2 Å². The van der Waals surface area contributed by atoms with Gasteiger partial charge in [0.2, 0.25) is 0 Å². The molecule has 0 bridgehead atoms. The maximum atomic E-state index is 14.4. The quantitative estimate of drug-likeness (QED) is 0.378. The zero-order valence-corrected chi connectivity index (χ0v) is 16.6. The third kappa shape index (κ3) is 3.37. The summed E-state index contributed by atoms with van der Waals surface area (Å²) >= 11 is 1.46. The first kappa shape index (κ1) is 18.6. The van der Waals surface area contributed by atoms with Gasteiger partial charge in [0, 0.05) is 0 Å². The molecule has 1 aliphatic heterocycles. The summed E-state index contributed by atoms with van der Waals surface area (Å²) in [5.41, 5.74) is 1.75. The molecule has 9 heteroatoms. The Labute approximate surface area is 175 Å². The lowest BCUT2D eigenvalue weighted by Crippen LogP contribution is -2.26. The van der Waals surface area contributed by atoms with Gasteiger partial charge < -0.3 is 10.6 Å². The lowest BCUT2D eigenvalue weighted by molar-refractivity contribution is 0.631. The van der Waals surface area contributed by atoms with Gasteiger partial charge >= 0.3 is 0 Å². The highest BCUT2D eigenvalue weighted by Crippen LogP contribution is 2.34. The number of nitrogens with one attached hydrogen (secondary N) is 2. The molecule has 3 heterocycles. The third-order valence-corrected chi connectivity index (χ3v) is 5.85. The van der Waals surface area contributed by atoms with Crippen molar-refractivity contribution in [2.24, 2.45) is 0 Å². The van der Waals surface area contributed by atoms with Gasteiger partial charge in [-0.25, -0.2) is 19.3 Å². The molecule has 2 aromatic heterocycles. The van der Waals surface area contributed by atoms with Crippen LogP contribution < -0.4 is 16.2 Å². The van der Waals surface area contributed by atoms with E-state index < -0.39 is 5.82 Å². The van der Waals surface area contributed by atoms with Crippen molar-refractivity contribution in [1.29, 1.82) is 0 Å². The second-order valence-corrected chi connectivity index (χ2v) is 7.72. The van der Waals surface area contributed by atoms with Crippen molar-refractivity contribution in [1.82, 2.24) is 19.5 Å². The fourth-order valence-electron chi connectivity index (χ4n) is 3.43. The van der Waals surface area contributed by atoms with Crippen LogP contribution in [-0.2, 0) is 12.3 Å². The van der Waals surface area contributed by atoms with E-state index in [2.05, 4.69) is 25.6 Å². The highest BCUT2D eigenvalue weighted by molar-refractivity contribution is 7.98. The van der Waals surface area contributed by atoms with E-state index in [1.807, 2.05) is 30.3 Å². The molecule has 0 atom stereocenters. The van der Waals surface area contributed by atoms with Gasteiger partial charge in [-0.3, -0.25) is 9.36 Å². The summed E-state index contributed by atoms with van der Waals surface area (Å²) in [6, 6.07) is 14.1. The van der Waals surface area contributed by atoms with Crippen LogP contribution in [-0.4, -0.2) is 26.2 Å². The largest absolute Gasteiger partial charge is 0.363 e. The van der Waals surface area contributed by atoms with Crippen LogP contribution in [0.1, 0.15) is 11.4 Å². The number of anilines is 2. The molecule has 0 fully saturated rings. The number of aromatic nitrogens is 4. The summed E-state index contributed by atoms with van der Waals surface area (Å²) in [6.07, 6.45) is 1.50. The molecule has 0 saturated carbocycles. The first-order chi connectivity index (χ1) is 14.7. The summed E-state index contributed by atoms with van der Waals surface area (Å²) in [4.78, 5) is 26.4. The van der Waals surface area contributed by atoms with Gasteiger partial charge in [0.15, 0.2) is 5.82 Å². The maximum Gasteiger partial charge on any atom is 0.264 e. The molecule has 5 rings (SSSR count). The molecule has 0 radical (unpaired) electrons. The number of benzene rings is 2. The molecule has 2 aromatic carbocycles. The van der Waals surface area contributed by atoms with E-state index in [1.165, 1.54) is 24.2 Å². The summed E-state index contributed by atoms with van der Waals surface area (Å²) in [5, 5.41) is 7.13. The smallest absolute Gasteiger partial charge is 0.264 e. The van der Waals surface area contributed by atoms with Crippen LogP contribution in [0, 0.1) is 5.82 Å². The lowest BCUT2D eigenvalue weighted by Gasteiger charge is -2.14. The first-order valence-electron chi connectivity index (χ1n) is 9.38. The molecule has 0 aliphatic carbocycles. The van der Waals surface area contributed by atoms with E-state index in [-0.39, 0.29) is 10.9 Å². The number of thioether (sulfide) groups is 1. The highest BCUT2D eigenvalue weighted by Gasteiger charge is 2.19. The number of hydrogen-bond donors (Lipinski definition) is 2. The summed E-state index contributed by atoms with van der Waals surface area (Å²) in [6.45, 7) is 0.905. The van der Waals surface area contributed by atoms with Gasteiger partial charge in [0.25, 0.3) is 5.56 Å². The number of hydrogen-bond acceptors (Lipinski definition) is 7. The Morgan fingerprint density at radius 1 is 1.07 bits per heavy atom. The minimum atomic E-state index is -0.560. The summed E-state index contributed by atoms with van der Waals surface area (Å²) in [7, 11) is 0. The number of halogens is 1. The minimum Gasteiger partial charge on any atom is -0.363 e. The predicted molar refractivity (Wildman–Crippen MR) is 115 cm³/mol. The van der Waals surface area contributed by atoms with Crippen LogP contribution in [0.4, 0.5) is 15.9 Å². The van der Waals surface area contributed by atoms with Crippen LogP contribution in [0.2, 0.25) is 0 Å². The highest BCUT2D eigenvalue weighted by atomic mass is 32.2. The molecule has 0 unspecified atom stereocenters. The van der Waals surface area contributed by atoms with E-state index in [1.54, 1.807) is 16.7 Å². The molecule has 30 heavy (non-hydrogen) atoms. The number of fused-ring (bicyclic) bond motifs is 2. The maximum absolute atomic E-state index is 14.4. The van der Waals surface area contributed by atoms with E-state index in [4.69, 9.17) is 0 Å². The average Bonchev–Trinajstić information content (AvgIpc) is 3.25. The SMILES string of the molecule is O=c1c2c(F)cccc2nc(CSc2ncnc3c2NCN3)n1Cc1ccccc1. The molecule has 150 valence electrons. The van der Waals surface area contributed by atoms with E-state index >= 15 is 0 Å². The predicted octanol–water partition coefficient (Wildman–Crippen LogP) is 3.46. The first-order valence-corrected chi connectivity index (χ1v) is 10.4. The molecule has 0 spiro atoms. The Hall–Kier alpha value is -3.46. The fourth-order valence-corrected chi connectivity index (χ4v) is 4.35. The van der Waals surface area contributed by atoms with Crippen molar-refractivity contribution in [3.63, 3.8) is 0 Å². The van der Waals surface area contributed by atoms with Gasteiger partial charge in [0.1, 0.15) is 34.1 Å². The Morgan fingerprint density at radius 2 is 1.93 bits per heavy atom. The van der Waals surface area contributed by atoms with Crippen LogP contribution in [0.5, 0.6) is 0 Å². The van der Waals surface area contributed by atoms with Crippen molar-refractivity contribution >= 4 is 34.2 Å². The monoisotopic (exact) mass is 420 g/mol. The van der Waals surface area contributed by atoms with Gasteiger partial charge in [-0.2, -0.15) is 0 Å². The van der Waals surface area contributed by atoms with Crippen molar-refractivity contribution in [2.45, 2.75) is 17.3 Å². The van der Waals surface area contributed by atoms with Crippen LogP contribution in [0.25, 0.3) is 10.9 Å². The molecule has 7 nitrogen and oxygen atoms in total. The van der Waals surface area contributed by atoms with E-state index in [0.29, 0.717) is 30.3 Å². The van der Waals surface area contributed by atoms with Gasteiger partial charge in [0.05, 0.1) is 24.5 Å². The van der Waals surface area contributed by atoms with E-state index in [0.717, 1.165) is 22.1 Å². The molecule has 0 saturated heterocycles. The van der Waals surface area contributed by atoms with Crippen molar-refractivity contribution < 1.29 is 4.39 Å². The summed E-state index contributed by atoms with van der Waals surface area (Å²) < 4.78 is 16.0. The van der Waals surface area contributed by atoms with Gasteiger partial charge in [-0.05, 0) is 17.7 Å². The topological polar surface area (TPSA) is 84.7 Å². The van der Waals surface area contributed by atoms with Crippen molar-refractivity contribution in [3.8, 4) is 0 Å². The van der Waals surface area contributed by atoms with Crippen molar-refractivity contribution in [2.75, 3.05) is 17.3 Å². The van der Waals surface area contributed by atoms with Crippen molar-refractivity contribution in [3.05, 3.63) is 82.4 Å². The second-order valence-electron chi connectivity index (χ2n) is 6.76. The van der Waals surface area contributed by atoms with Crippen LogP contribution >= 0.6 is 11.8 Å². The van der Waals surface area contributed by atoms with Gasteiger partial charge in [-0.15, -0.1) is 0 Å². The third-order valence-electron chi connectivity index (χ3n) is 4.87.